The molecule has 0 radical (unpaired) electrons. The molecule has 29 heavy (non-hydrogen) atoms. The summed E-state index contributed by atoms with van der Waals surface area (Å²) in [5, 5.41) is 5.93. The number of carbonyl (C=O) groups excluding carboxylic acids is 1. The van der Waals surface area contributed by atoms with Crippen LogP contribution in [0.25, 0.3) is 0 Å². The van der Waals surface area contributed by atoms with Crippen LogP contribution in [-0.2, 0) is 17.8 Å². The van der Waals surface area contributed by atoms with Gasteiger partial charge in [-0.15, -0.1) is 11.3 Å². The van der Waals surface area contributed by atoms with Gasteiger partial charge in [0, 0.05) is 4.88 Å². The predicted octanol–water partition coefficient (Wildman–Crippen LogP) is 4.56. The van der Waals surface area contributed by atoms with E-state index in [2.05, 4.69) is 10.5 Å². The van der Waals surface area contributed by atoms with Crippen molar-refractivity contribution in [2.75, 3.05) is 6.61 Å². The highest BCUT2D eigenvalue weighted by molar-refractivity contribution is 7.10. The van der Waals surface area contributed by atoms with Crippen LogP contribution >= 0.6 is 11.3 Å². The monoisotopic (exact) mass is 412 g/mol. The van der Waals surface area contributed by atoms with E-state index in [0.29, 0.717) is 31.1 Å². The lowest BCUT2D eigenvalue weighted by Gasteiger charge is -2.12. The maximum atomic E-state index is 13.0. The third kappa shape index (κ3) is 6.43. The van der Waals surface area contributed by atoms with Gasteiger partial charge in [-0.1, -0.05) is 18.2 Å². The third-order valence-corrected chi connectivity index (χ3v) is 4.77. The van der Waals surface area contributed by atoms with E-state index >= 15 is 0 Å². The fourth-order valence-corrected chi connectivity index (χ4v) is 3.23. The fraction of sp³-hybridized carbons (Fsp3) is 0.182. The first-order valence-corrected chi connectivity index (χ1v) is 10.0. The normalized spacial score (nSPS) is 10.8. The van der Waals surface area contributed by atoms with Gasteiger partial charge < -0.3 is 9.47 Å². The maximum absolute atomic E-state index is 13.0. The molecule has 0 fully saturated rings. The number of rotatable bonds is 9. The van der Waals surface area contributed by atoms with Crippen molar-refractivity contribution in [3.05, 3.63) is 81.8 Å². The Balaban J connectivity index is 1.60. The molecule has 1 heterocycles. The molecule has 3 aromatic rings. The third-order valence-electron chi connectivity index (χ3n) is 3.89. The van der Waals surface area contributed by atoms with E-state index in [4.69, 9.17) is 9.47 Å². The lowest BCUT2D eigenvalue weighted by molar-refractivity contribution is -0.120. The zero-order valence-corrected chi connectivity index (χ0v) is 16.7. The van der Waals surface area contributed by atoms with E-state index in [9.17, 15) is 9.18 Å². The van der Waals surface area contributed by atoms with Crippen LogP contribution in [0.15, 0.2) is 65.1 Å². The minimum Gasteiger partial charge on any atom is -0.490 e. The van der Waals surface area contributed by atoms with Gasteiger partial charge in [0.05, 0.1) is 19.2 Å². The molecule has 0 atom stereocenters. The quantitative estimate of drug-likeness (QED) is 0.414. The van der Waals surface area contributed by atoms with Gasteiger partial charge in [-0.2, -0.15) is 5.10 Å². The smallest absolute Gasteiger partial charge is 0.245 e. The Kier molecular flexibility index (Phi) is 7.35. The zero-order valence-electron chi connectivity index (χ0n) is 15.9. The summed E-state index contributed by atoms with van der Waals surface area (Å²) < 4.78 is 24.5. The van der Waals surface area contributed by atoms with Crippen molar-refractivity contribution in [3.63, 3.8) is 0 Å². The highest BCUT2D eigenvalue weighted by Crippen LogP contribution is 2.29. The molecule has 0 bridgehead atoms. The molecule has 0 saturated carbocycles. The van der Waals surface area contributed by atoms with Crippen molar-refractivity contribution >= 4 is 23.5 Å². The van der Waals surface area contributed by atoms with E-state index in [1.165, 1.54) is 23.5 Å². The van der Waals surface area contributed by atoms with Crippen molar-refractivity contribution in [2.24, 2.45) is 5.10 Å². The number of amides is 1. The standard InChI is InChI=1S/C22H21FN2O3S/c1-2-27-21-12-17(14-24-25-22(26)13-19-4-3-11-29-19)7-10-20(21)28-15-16-5-8-18(23)9-6-16/h3-12,14H,2,13,15H2,1H3,(H,25,26)/b24-14-. The van der Waals surface area contributed by atoms with Crippen LogP contribution < -0.4 is 14.9 Å². The number of hydrogen-bond acceptors (Lipinski definition) is 5. The number of thiophene rings is 1. The molecule has 0 unspecified atom stereocenters. The van der Waals surface area contributed by atoms with Gasteiger partial charge in [-0.25, -0.2) is 9.82 Å². The van der Waals surface area contributed by atoms with E-state index in [1.54, 1.807) is 30.5 Å². The first kappa shape index (κ1) is 20.5. The molecule has 7 heteroatoms. The zero-order chi connectivity index (χ0) is 20.5. The number of hydrogen-bond donors (Lipinski definition) is 1. The topological polar surface area (TPSA) is 59.9 Å². The van der Waals surface area contributed by atoms with Crippen LogP contribution in [0.1, 0.15) is 22.9 Å². The Hall–Kier alpha value is -3.19. The Morgan fingerprint density at radius 3 is 2.69 bits per heavy atom. The second-order valence-electron chi connectivity index (χ2n) is 6.10. The number of nitrogens with one attached hydrogen (secondary N) is 1. The van der Waals surface area contributed by atoms with Crippen molar-refractivity contribution in [1.29, 1.82) is 0 Å². The van der Waals surface area contributed by atoms with Gasteiger partial charge in [0.2, 0.25) is 5.91 Å². The number of benzene rings is 2. The average Bonchev–Trinajstić information content (AvgIpc) is 3.22. The highest BCUT2D eigenvalue weighted by atomic mass is 32.1. The summed E-state index contributed by atoms with van der Waals surface area (Å²) in [5.41, 5.74) is 4.14. The van der Waals surface area contributed by atoms with E-state index < -0.39 is 0 Å². The summed E-state index contributed by atoms with van der Waals surface area (Å²) in [6, 6.07) is 15.4. The lowest BCUT2D eigenvalue weighted by atomic mass is 10.2. The molecule has 1 aromatic heterocycles. The second-order valence-corrected chi connectivity index (χ2v) is 7.14. The first-order valence-electron chi connectivity index (χ1n) is 9.12. The van der Waals surface area contributed by atoms with Gasteiger partial charge in [0.25, 0.3) is 0 Å². The van der Waals surface area contributed by atoms with Crippen LogP contribution in [-0.4, -0.2) is 18.7 Å². The lowest BCUT2D eigenvalue weighted by Crippen LogP contribution is -2.19. The van der Waals surface area contributed by atoms with Gasteiger partial charge in [0.1, 0.15) is 12.4 Å². The van der Waals surface area contributed by atoms with Gasteiger partial charge >= 0.3 is 0 Å². The molecular formula is C22H21FN2O3S. The number of carbonyl (C=O) groups is 1. The summed E-state index contributed by atoms with van der Waals surface area (Å²) in [6.45, 7) is 2.66. The molecule has 2 aromatic carbocycles. The van der Waals surface area contributed by atoms with Gasteiger partial charge in [0.15, 0.2) is 11.5 Å². The van der Waals surface area contributed by atoms with Crippen LogP contribution in [0.5, 0.6) is 11.5 Å². The molecule has 1 amide bonds. The average molecular weight is 412 g/mol. The van der Waals surface area contributed by atoms with Crippen LogP contribution in [0.3, 0.4) is 0 Å². The van der Waals surface area contributed by atoms with Crippen molar-refractivity contribution in [3.8, 4) is 11.5 Å². The highest BCUT2D eigenvalue weighted by Gasteiger charge is 2.07. The summed E-state index contributed by atoms with van der Waals surface area (Å²) in [4.78, 5) is 12.9. The molecule has 0 aliphatic heterocycles. The van der Waals surface area contributed by atoms with Crippen molar-refractivity contribution in [1.82, 2.24) is 5.43 Å². The largest absolute Gasteiger partial charge is 0.490 e. The van der Waals surface area contributed by atoms with Gasteiger partial charge in [-0.05, 0) is 59.8 Å². The Morgan fingerprint density at radius 1 is 1.14 bits per heavy atom. The maximum Gasteiger partial charge on any atom is 0.245 e. The summed E-state index contributed by atoms with van der Waals surface area (Å²) in [5.74, 6) is 0.696. The first-order chi connectivity index (χ1) is 14.1. The van der Waals surface area contributed by atoms with Gasteiger partial charge in [-0.3, -0.25) is 4.79 Å². The van der Waals surface area contributed by atoms with Crippen molar-refractivity contribution in [2.45, 2.75) is 20.0 Å². The molecule has 0 saturated heterocycles. The number of nitrogens with zero attached hydrogens (tertiary/aromatic N) is 1. The molecule has 3 rings (SSSR count). The molecule has 5 nitrogen and oxygen atoms in total. The molecular weight excluding hydrogens is 391 g/mol. The minimum absolute atomic E-state index is 0.173. The van der Waals surface area contributed by atoms with Crippen LogP contribution in [0, 0.1) is 5.82 Å². The number of ether oxygens (including phenoxy) is 2. The van der Waals surface area contributed by atoms with E-state index in [-0.39, 0.29) is 11.7 Å². The Morgan fingerprint density at radius 2 is 1.97 bits per heavy atom. The molecule has 0 aliphatic rings. The molecule has 1 N–H and O–H groups in total. The second kappa shape index (κ2) is 10.4. The molecule has 0 spiro atoms. The summed E-state index contributed by atoms with van der Waals surface area (Å²) >= 11 is 1.53. The molecule has 0 aliphatic carbocycles. The Labute approximate surface area is 172 Å². The predicted molar refractivity (Wildman–Crippen MR) is 112 cm³/mol. The summed E-state index contributed by atoms with van der Waals surface area (Å²) in [6.07, 6.45) is 1.86. The van der Waals surface area contributed by atoms with E-state index in [1.807, 2.05) is 30.5 Å². The minimum atomic E-state index is -0.283. The Bertz CT molecular complexity index is 957. The van der Waals surface area contributed by atoms with Crippen molar-refractivity contribution < 1.29 is 18.7 Å². The number of hydrazone groups is 1. The van der Waals surface area contributed by atoms with Crippen LogP contribution in [0.4, 0.5) is 4.39 Å². The summed E-state index contributed by atoms with van der Waals surface area (Å²) in [7, 11) is 0. The number of halogens is 1. The van der Waals surface area contributed by atoms with Crippen LogP contribution in [0.2, 0.25) is 0 Å². The molecule has 150 valence electrons. The van der Waals surface area contributed by atoms with E-state index in [0.717, 1.165) is 16.0 Å². The fourth-order valence-electron chi connectivity index (χ4n) is 2.52. The SMILES string of the molecule is CCOc1cc(/C=N\NC(=O)Cc2cccs2)ccc1OCc1ccc(F)cc1.